The van der Waals surface area contributed by atoms with Crippen LogP contribution in [-0.2, 0) is 4.79 Å². The van der Waals surface area contributed by atoms with Gasteiger partial charge in [0.2, 0.25) is 5.91 Å². The molecule has 9 heteroatoms. The van der Waals surface area contributed by atoms with Crippen molar-refractivity contribution in [1.82, 2.24) is 15.2 Å². The molecular formula is C31H24Cl2N4O2S. The lowest BCUT2D eigenvalue weighted by Crippen LogP contribution is -2.32. The molecule has 200 valence electrons. The van der Waals surface area contributed by atoms with Gasteiger partial charge in [-0.2, -0.15) is 0 Å². The van der Waals surface area contributed by atoms with Gasteiger partial charge in [0, 0.05) is 40.8 Å². The molecule has 3 aromatic carbocycles. The number of pyridine rings is 1. The van der Waals surface area contributed by atoms with Gasteiger partial charge in [0.05, 0.1) is 16.8 Å². The molecule has 2 aromatic heterocycles. The SMILES string of the molecule is O=C(CCN1C(=S)NC(c2ccccn2)C1c1ccc(-c2ccc(Cl)cc2Cl)o1)Nc1cccc2ccccc12. The topological polar surface area (TPSA) is 70.4 Å². The number of halogens is 2. The van der Waals surface area contributed by atoms with Crippen LogP contribution < -0.4 is 10.6 Å². The first-order chi connectivity index (χ1) is 19.5. The van der Waals surface area contributed by atoms with Crippen molar-refractivity contribution in [3.63, 3.8) is 0 Å². The second-order valence-electron chi connectivity index (χ2n) is 9.47. The first-order valence-corrected chi connectivity index (χ1v) is 14.0. The number of carbonyl (C=O) groups is 1. The average molecular weight is 588 g/mol. The summed E-state index contributed by atoms with van der Waals surface area (Å²) in [6.45, 7) is 0.383. The van der Waals surface area contributed by atoms with Crippen molar-refractivity contribution in [2.24, 2.45) is 0 Å². The van der Waals surface area contributed by atoms with E-state index in [1.54, 1.807) is 18.3 Å². The number of nitrogens with zero attached hydrogens (tertiary/aromatic N) is 2. The van der Waals surface area contributed by atoms with Crippen LogP contribution in [0, 0.1) is 0 Å². The minimum Gasteiger partial charge on any atom is -0.459 e. The number of nitrogens with one attached hydrogen (secondary N) is 2. The molecule has 2 atom stereocenters. The van der Waals surface area contributed by atoms with E-state index in [-0.39, 0.29) is 24.4 Å². The maximum absolute atomic E-state index is 13.1. The molecular weight excluding hydrogens is 563 g/mol. The van der Waals surface area contributed by atoms with Gasteiger partial charge in [-0.1, -0.05) is 65.7 Å². The van der Waals surface area contributed by atoms with Gasteiger partial charge < -0.3 is 20.0 Å². The Kier molecular flexibility index (Phi) is 7.43. The van der Waals surface area contributed by atoms with Crippen LogP contribution in [0.15, 0.2) is 102 Å². The van der Waals surface area contributed by atoms with E-state index in [0.29, 0.717) is 33.2 Å². The third-order valence-corrected chi connectivity index (χ3v) is 7.86. The predicted octanol–water partition coefficient (Wildman–Crippen LogP) is 7.80. The van der Waals surface area contributed by atoms with Crippen LogP contribution in [0.25, 0.3) is 22.1 Å². The molecule has 1 aliphatic rings. The molecule has 0 aliphatic carbocycles. The predicted molar refractivity (Wildman–Crippen MR) is 164 cm³/mol. The van der Waals surface area contributed by atoms with Gasteiger partial charge in [0.25, 0.3) is 0 Å². The fourth-order valence-electron chi connectivity index (χ4n) is 5.07. The summed E-state index contributed by atoms with van der Waals surface area (Å²) < 4.78 is 6.36. The zero-order chi connectivity index (χ0) is 27.6. The first-order valence-electron chi connectivity index (χ1n) is 12.8. The normalized spacial score (nSPS) is 16.8. The third kappa shape index (κ3) is 5.28. The van der Waals surface area contributed by atoms with Gasteiger partial charge in [-0.3, -0.25) is 9.78 Å². The minimum atomic E-state index is -0.326. The standard InChI is InChI=1S/C31H24Cl2N4O2S/c32-20-11-12-22(23(33)18-20)26-13-14-27(39-26)30-29(25-9-3-4-16-34-25)36-31(40)37(30)17-15-28(38)35-24-10-5-7-19-6-1-2-8-21(19)24/h1-14,16,18,29-30H,15,17H2,(H,35,38)(H,36,40). The van der Waals surface area contributed by atoms with Crippen LogP contribution in [0.3, 0.4) is 0 Å². The summed E-state index contributed by atoms with van der Waals surface area (Å²) in [5.74, 6) is 1.19. The van der Waals surface area contributed by atoms with Crippen molar-refractivity contribution < 1.29 is 9.21 Å². The maximum Gasteiger partial charge on any atom is 0.226 e. The molecule has 6 nitrogen and oxygen atoms in total. The molecule has 2 unspecified atom stereocenters. The zero-order valence-corrected chi connectivity index (χ0v) is 23.5. The quantitative estimate of drug-likeness (QED) is 0.189. The Hall–Kier alpha value is -3.91. The van der Waals surface area contributed by atoms with Gasteiger partial charge in [-0.05, 0) is 66.1 Å². The van der Waals surface area contributed by atoms with Crippen molar-refractivity contribution in [2.75, 3.05) is 11.9 Å². The summed E-state index contributed by atoms with van der Waals surface area (Å²) in [6, 6.07) is 28.1. The number of anilines is 1. The van der Waals surface area contributed by atoms with E-state index in [2.05, 4.69) is 15.6 Å². The molecule has 0 spiro atoms. The molecule has 1 fully saturated rings. The van der Waals surface area contributed by atoms with Gasteiger partial charge in [0.15, 0.2) is 5.11 Å². The second kappa shape index (κ2) is 11.3. The molecule has 0 saturated carbocycles. The van der Waals surface area contributed by atoms with Crippen molar-refractivity contribution in [3.05, 3.63) is 119 Å². The molecule has 3 heterocycles. The van der Waals surface area contributed by atoms with E-state index in [4.69, 9.17) is 39.8 Å². The number of furan rings is 1. The summed E-state index contributed by atoms with van der Waals surface area (Å²) in [6.07, 6.45) is 1.98. The monoisotopic (exact) mass is 586 g/mol. The number of benzene rings is 3. The van der Waals surface area contributed by atoms with Gasteiger partial charge in [0.1, 0.15) is 17.6 Å². The van der Waals surface area contributed by atoms with Crippen molar-refractivity contribution >= 4 is 62.9 Å². The Morgan fingerprint density at radius 2 is 1.82 bits per heavy atom. The van der Waals surface area contributed by atoms with Gasteiger partial charge in [-0.25, -0.2) is 0 Å². The highest BCUT2D eigenvalue weighted by Gasteiger charge is 2.41. The Morgan fingerprint density at radius 1 is 1.00 bits per heavy atom. The maximum atomic E-state index is 13.1. The third-order valence-electron chi connectivity index (χ3n) is 6.96. The van der Waals surface area contributed by atoms with Crippen molar-refractivity contribution in [2.45, 2.75) is 18.5 Å². The summed E-state index contributed by atoms with van der Waals surface area (Å²) in [4.78, 5) is 19.7. The Morgan fingerprint density at radius 3 is 2.65 bits per heavy atom. The van der Waals surface area contributed by atoms with Crippen LogP contribution in [0.4, 0.5) is 5.69 Å². The zero-order valence-electron chi connectivity index (χ0n) is 21.2. The number of hydrogen-bond acceptors (Lipinski definition) is 4. The summed E-state index contributed by atoms with van der Waals surface area (Å²) >= 11 is 18.3. The van der Waals surface area contributed by atoms with Gasteiger partial charge >= 0.3 is 0 Å². The van der Waals surface area contributed by atoms with Crippen molar-refractivity contribution in [3.8, 4) is 11.3 Å². The number of aromatic nitrogens is 1. The van der Waals surface area contributed by atoms with E-state index < -0.39 is 0 Å². The van der Waals surface area contributed by atoms with E-state index in [1.807, 2.05) is 83.8 Å². The molecule has 40 heavy (non-hydrogen) atoms. The number of amides is 1. The fraction of sp³-hybridized carbons (Fsp3) is 0.129. The largest absolute Gasteiger partial charge is 0.459 e. The number of carbonyl (C=O) groups excluding carboxylic acids is 1. The van der Waals surface area contributed by atoms with Crippen LogP contribution in [0.5, 0.6) is 0 Å². The van der Waals surface area contributed by atoms with E-state index in [1.165, 1.54) is 0 Å². The number of hydrogen-bond donors (Lipinski definition) is 2. The molecule has 6 rings (SSSR count). The molecule has 2 N–H and O–H groups in total. The Balaban J connectivity index is 1.26. The molecule has 1 aliphatic heterocycles. The lowest BCUT2D eigenvalue weighted by atomic mass is 10.0. The van der Waals surface area contributed by atoms with E-state index >= 15 is 0 Å². The highest BCUT2D eigenvalue weighted by Crippen LogP contribution is 2.41. The first kappa shape index (κ1) is 26.3. The van der Waals surface area contributed by atoms with Crippen molar-refractivity contribution in [1.29, 1.82) is 0 Å². The lowest BCUT2D eigenvalue weighted by molar-refractivity contribution is -0.116. The number of rotatable bonds is 7. The second-order valence-corrected chi connectivity index (χ2v) is 10.7. The number of thiocarbonyl (C=S) groups is 1. The summed E-state index contributed by atoms with van der Waals surface area (Å²) in [5, 5.41) is 10.1. The van der Waals surface area contributed by atoms with Crippen LogP contribution in [0.2, 0.25) is 10.0 Å². The van der Waals surface area contributed by atoms with Crippen LogP contribution in [-0.4, -0.2) is 27.4 Å². The van der Waals surface area contributed by atoms with E-state index in [0.717, 1.165) is 27.7 Å². The fourth-order valence-corrected chi connectivity index (χ4v) is 5.90. The highest BCUT2D eigenvalue weighted by molar-refractivity contribution is 7.80. The van der Waals surface area contributed by atoms with Crippen LogP contribution >= 0.6 is 35.4 Å². The smallest absolute Gasteiger partial charge is 0.226 e. The Labute approximate surface area is 246 Å². The highest BCUT2D eigenvalue weighted by atomic mass is 35.5. The minimum absolute atomic E-state index is 0.104. The lowest BCUT2D eigenvalue weighted by Gasteiger charge is -2.26. The number of fused-ring (bicyclic) bond motifs is 1. The van der Waals surface area contributed by atoms with Crippen LogP contribution in [0.1, 0.15) is 30.0 Å². The summed E-state index contributed by atoms with van der Waals surface area (Å²) in [7, 11) is 0. The Bertz CT molecular complexity index is 1700. The average Bonchev–Trinajstić information content (AvgIpc) is 3.57. The molecule has 0 radical (unpaired) electrons. The molecule has 1 saturated heterocycles. The summed E-state index contributed by atoms with van der Waals surface area (Å²) in [5.41, 5.74) is 2.34. The molecule has 5 aromatic rings. The molecule has 1 amide bonds. The molecule has 0 bridgehead atoms. The van der Waals surface area contributed by atoms with E-state index in [9.17, 15) is 4.79 Å². The van der Waals surface area contributed by atoms with Gasteiger partial charge in [-0.15, -0.1) is 0 Å².